The summed E-state index contributed by atoms with van der Waals surface area (Å²) in [6.45, 7) is 7.53. The molecule has 0 saturated carbocycles. The highest BCUT2D eigenvalue weighted by Crippen LogP contribution is 2.32. The number of anilines is 1. The number of H-pyrrole nitrogens is 1. The van der Waals surface area contributed by atoms with Crippen molar-refractivity contribution in [2.75, 3.05) is 38.7 Å². The zero-order chi connectivity index (χ0) is 28.8. The Morgan fingerprint density at radius 1 is 1.10 bits per heavy atom. The number of ether oxygens (including phenoxy) is 2. The highest BCUT2D eigenvalue weighted by atomic mass is 35.5. The summed E-state index contributed by atoms with van der Waals surface area (Å²) in [7, 11) is 1.69. The molecule has 216 valence electrons. The monoisotopic (exact) mass is 576 g/mol. The van der Waals surface area contributed by atoms with Gasteiger partial charge in [-0.25, -0.2) is 9.97 Å². The van der Waals surface area contributed by atoms with Gasteiger partial charge in [0, 0.05) is 37.2 Å². The van der Waals surface area contributed by atoms with E-state index < -0.39 is 0 Å². The number of nitrogens with zero attached hydrogens (tertiary/aromatic N) is 3. The molecule has 1 fully saturated rings. The standard InChI is InChI=1S/C31H37ClN6O3/c1-20(2)31(39)33-14-17-41-25-10-6-22(7-11-25)29-36-28-27(26(32)18-34-30(28)37-29)35-23-12-15-38(16-13-23)19-21-4-8-24(40-3)9-5-21/h4-11,18,20,23H,12-17,19H2,1-3H3,(H,33,39)(H2,34,35,36,37). The number of aromatic amines is 1. The summed E-state index contributed by atoms with van der Waals surface area (Å²) < 4.78 is 11.0. The quantitative estimate of drug-likeness (QED) is 0.202. The van der Waals surface area contributed by atoms with Crippen LogP contribution in [0.2, 0.25) is 5.02 Å². The fourth-order valence-electron chi connectivity index (χ4n) is 4.90. The summed E-state index contributed by atoms with van der Waals surface area (Å²) >= 11 is 6.62. The highest BCUT2D eigenvalue weighted by Gasteiger charge is 2.22. The maximum absolute atomic E-state index is 11.7. The van der Waals surface area contributed by atoms with Gasteiger partial charge in [0.15, 0.2) is 5.65 Å². The predicted molar refractivity (Wildman–Crippen MR) is 163 cm³/mol. The Hall–Kier alpha value is -3.82. The SMILES string of the molecule is COc1ccc(CN2CCC(Nc3c(Cl)cnc4nc(-c5ccc(OCCNC(=O)C(C)C)cc5)[nH]c34)CC2)cc1. The number of pyridine rings is 1. The van der Waals surface area contributed by atoms with E-state index in [1.807, 2.05) is 50.2 Å². The molecule has 1 aliphatic rings. The molecule has 3 N–H and O–H groups in total. The third kappa shape index (κ3) is 7.28. The zero-order valence-electron chi connectivity index (χ0n) is 23.7. The van der Waals surface area contributed by atoms with Crippen molar-refractivity contribution < 1.29 is 14.3 Å². The van der Waals surface area contributed by atoms with Crippen LogP contribution < -0.4 is 20.1 Å². The van der Waals surface area contributed by atoms with Gasteiger partial charge < -0.3 is 25.1 Å². The van der Waals surface area contributed by atoms with Gasteiger partial charge >= 0.3 is 0 Å². The van der Waals surface area contributed by atoms with Crippen LogP contribution in [-0.4, -0.2) is 65.2 Å². The Kier molecular flexibility index (Phi) is 9.26. The first kappa shape index (κ1) is 28.7. The molecule has 0 spiro atoms. The molecule has 0 unspecified atom stereocenters. The summed E-state index contributed by atoms with van der Waals surface area (Å²) in [6.07, 6.45) is 3.68. The van der Waals surface area contributed by atoms with Crippen LogP contribution in [0, 0.1) is 5.92 Å². The number of fused-ring (bicyclic) bond motifs is 1. The summed E-state index contributed by atoms with van der Waals surface area (Å²) in [6, 6.07) is 16.3. The van der Waals surface area contributed by atoms with E-state index in [0.29, 0.717) is 35.7 Å². The molecule has 1 amide bonds. The van der Waals surface area contributed by atoms with Gasteiger partial charge in [-0.1, -0.05) is 37.6 Å². The largest absolute Gasteiger partial charge is 0.497 e. The number of piperidine rings is 1. The maximum atomic E-state index is 11.7. The third-order valence-electron chi connectivity index (χ3n) is 7.30. The van der Waals surface area contributed by atoms with Crippen molar-refractivity contribution in [2.24, 2.45) is 5.92 Å². The number of hydrogen-bond acceptors (Lipinski definition) is 7. The number of halogens is 1. The molecule has 2 aromatic carbocycles. The van der Waals surface area contributed by atoms with Crippen molar-refractivity contribution in [2.45, 2.75) is 39.3 Å². The minimum Gasteiger partial charge on any atom is -0.497 e. The van der Waals surface area contributed by atoms with Gasteiger partial charge in [0.05, 0.1) is 30.6 Å². The van der Waals surface area contributed by atoms with E-state index >= 15 is 0 Å². The molecule has 0 radical (unpaired) electrons. The summed E-state index contributed by atoms with van der Waals surface area (Å²) in [5, 5.41) is 7.09. The van der Waals surface area contributed by atoms with E-state index in [1.165, 1.54) is 5.56 Å². The minimum absolute atomic E-state index is 0.0200. The van der Waals surface area contributed by atoms with Gasteiger partial charge in [0.1, 0.15) is 29.4 Å². The number of benzene rings is 2. The number of carbonyl (C=O) groups excluding carboxylic acids is 1. The number of amides is 1. The molecular formula is C31H37ClN6O3. The van der Waals surface area contributed by atoms with Crippen LogP contribution in [0.3, 0.4) is 0 Å². The average Bonchev–Trinajstić information content (AvgIpc) is 3.43. The van der Waals surface area contributed by atoms with Crippen LogP contribution in [0.15, 0.2) is 54.7 Å². The van der Waals surface area contributed by atoms with Gasteiger partial charge in [-0.2, -0.15) is 0 Å². The Balaban J connectivity index is 1.19. The number of rotatable bonds is 11. The molecule has 9 nitrogen and oxygen atoms in total. The van der Waals surface area contributed by atoms with Crippen LogP contribution in [-0.2, 0) is 11.3 Å². The van der Waals surface area contributed by atoms with Crippen LogP contribution in [0.1, 0.15) is 32.3 Å². The molecule has 4 aromatic rings. The second-order valence-corrected chi connectivity index (χ2v) is 11.0. The lowest BCUT2D eigenvalue weighted by atomic mass is 10.0. The predicted octanol–water partition coefficient (Wildman–Crippen LogP) is 5.51. The van der Waals surface area contributed by atoms with E-state index in [0.717, 1.165) is 60.7 Å². The summed E-state index contributed by atoms with van der Waals surface area (Å²) in [5.74, 6) is 2.30. The van der Waals surface area contributed by atoms with E-state index in [4.69, 9.17) is 26.1 Å². The van der Waals surface area contributed by atoms with E-state index in [1.54, 1.807) is 13.3 Å². The van der Waals surface area contributed by atoms with Crippen molar-refractivity contribution in [3.8, 4) is 22.9 Å². The van der Waals surface area contributed by atoms with E-state index in [-0.39, 0.29) is 11.8 Å². The first-order chi connectivity index (χ1) is 19.9. The van der Waals surface area contributed by atoms with Crippen molar-refractivity contribution in [3.63, 3.8) is 0 Å². The molecular weight excluding hydrogens is 540 g/mol. The number of imidazole rings is 1. The fourth-order valence-corrected chi connectivity index (χ4v) is 5.09. The molecule has 10 heteroatoms. The van der Waals surface area contributed by atoms with Crippen molar-refractivity contribution >= 4 is 34.4 Å². The van der Waals surface area contributed by atoms with Crippen LogP contribution in [0.25, 0.3) is 22.6 Å². The normalized spacial score (nSPS) is 14.4. The topological polar surface area (TPSA) is 104 Å². The van der Waals surface area contributed by atoms with Crippen LogP contribution in [0.5, 0.6) is 11.5 Å². The van der Waals surface area contributed by atoms with Gasteiger partial charge in [-0.3, -0.25) is 9.69 Å². The Morgan fingerprint density at radius 2 is 1.80 bits per heavy atom. The lowest BCUT2D eigenvalue weighted by molar-refractivity contribution is -0.124. The van der Waals surface area contributed by atoms with E-state index in [9.17, 15) is 4.79 Å². The van der Waals surface area contributed by atoms with Gasteiger partial charge in [-0.05, 0) is 54.8 Å². The summed E-state index contributed by atoms with van der Waals surface area (Å²) in [5.41, 5.74) is 4.46. The molecule has 0 bridgehead atoms. The number of nitrogens with one attached hydrogen (secondary N) is 3. The van der Waals surface area contributed by atoms with Crippen molar-refractivity contribution in [3.05, 3.63) is 65.3 Å². The van der Waals surface area contributed by atoms with Crippen LogP contribution in [0.4, 0.5) is 5.69 Å². The number of carbonyl (C=O) groups is 1. The van der Waals surface area contributed by atoms with Gasteiger partial charge in [0.25, 0.3) is 0 Å². The Labute approximate surface area is 245 Å². The maximum Gasteiger partial charge on any atom is 0.222 e. The molecule has 5 rings (SSSR count). The first-order valence-electron chi connectivity index (χ1n) is 14.1. The lowest BCUT2D eigenvalue weighted by Crippen LogP contribution is -2.38. The summed E-state index contributed by atoms with van der Waals surface area (Å²) in [4.78, 5) is 26.8. The minimum atomic E-state index is -0.0399. The molecule has 1 saturated heterocycles. The van der Waals surface area contributed by atoms with E-state index in [2.05, 4.69) is 37.6 Å². The molecule has 3 heterocycles. The number of methoxy groups -OCH3 is 1. The second kappa shape index (κ2) is 13.2. The Morgan fingerprint density at radius 3 is 2.49 bits per heavy atom. The molecule has 1 aliphatic heterocycles. The van der Waals surface area contributed by atoms with Crippen LogP contribution >= 0.6 is 11.6 Å². The third-order valence-corrected chi connectivity index (χ3v) is 7.58. The highest BCUT2D eigenvalue weighted by molar-refractivity contribution is 6.34. The van der Waals surface area contributed by atoms with Crippen molar-refractivity contribution in [1.29, 1.82) is 0 Å². The zero-order valence-corrected chi connectivity index (χ0v) is 24.5. The molecule has 0 aliphatic carbocycles. The van der Waals surface area contributed by atoms with Gasteiger partial charge in [0.2, 0.25) is 5.91 Å². The Bertz CT molecular complexity index is 1450. The molecule has 41 heavy (non-hydrogen) atoms. The molecule has 0 atom stereocenters. The number of hydrogen-bond donors (Lipinski definition) is 3. The fraction of sp³-hybridized carbons (Fsp3) is 0.387. The number of likely N-dealkylation sites (tertiary alicyclic amines) is 1. The molecule has 2 aromatic heterocycles. The number of aromatic nitrogens is 3. The smallest absolute Gasteiger partial charge is 0.222 e. The van der Waals surface area contributed by atoms with Gasteiger partial charge in [-0.15, -0.1) is 0 Å². The van der Waals surface area contributed by atoms with Crippen molar-refractivity contribution in [1.82, 2.24) is 25.2 Å². The second-order valence-electron chi connectivity index (χ2n) is 10.6. The first-order valence-corrected chi connectivity index (χ1v) is 14.4. The lowest BCUT2D eigenvalue weighted by Gasteiger charge is -2.33. The average molecular weight is 577 g/mol.